The number of nitrogens with zero attached hydrogens (tertiary/aromatic N) is 4. The van der Waals surface area contributed by atoms with E-state index in [1.807, 2.05) is 52.1 Å². The number of carbonyl (C=O) groups is 2. The van der Waals surface area contributed by atoms with E-state index in [-0.39, 0.29) is 24.2 Å². The number of rotatable bonds is 5. The highest BCUT2D eigenvalue weighted by Crippen LogP contribution is 2.25. The van der Waals surface area contributed by atoms with Gasteiger partial charge in [0.1, 0.15) is 23.8 Å². The number of amides is 2. The quantitative estimate of drug-likeness (QED) is 0.501. The highest BCUT2D eigenvalue weighted by atomic mass is 16.6. The average Bonchev–Trinajstić information content (AvgIpc) is 3.33. The van der Waals surface area contributed by atoms with Gasteiger partial charge in [0.25, 0.3) is 5.91 Å². The lowest BCUT2D eigenvalue weighted by molar-refractivity contribution is 0.0299. The molecule has 1 aliphatic heterocycles. The van der Waals surface area contributed by atoms with Gasteiger partial charge in [0.15, 0.2) is 0 Å². The summed E-state index contributed by atoms with van der Waals surface area (Å²) in [5, 5.41) is 0.985. The number of piperidine rings is 1. The molecule has 1 saturated carbocycles. The van der Waals surface area contributed by atoms with Crippen molar-refractivity contribution in [3.8, 4) is 11.6 Å². The Morgan fingerprint density at radius 1 is 0.944 bits per heavy atom. The molecular weight excluding hydrogens is 456 g/mol. The molecule has 3 heterocycles. The first-order valence-corrected chi connectivity index (χ1v) is 12.9. The summed E-state index contributed by atoms with van der Waals surface area (Å²) in [6.45, 7) is 1.30. The summed E-state index contributed by atoms with van der Waals surface area (Å²) in [7, 11) is 3.50. The van der Waals surface area contributed by atoms with Crippen LogP contribution in [0, 0.1) is 0 Å². The summed E-state index contributed by atoms with van der Waals surface area (Å²) in [4.78, 5) is 32.7. The van der Waals surface area contributed by atoms with E-state index in [1.165, 1.54) is 6.42 Å². The van der Waals surface area contributed by atoms with Gasteiger partial charge in [-0.05, 0) is 62.1 Å². The van der Waals surface area contributed by atoms with Crippen LogP contribution in [0.2, 0.25) is 0 Å². The van der Waals surface area contributed by atoms with Crippen molar-refractivity contribution >= 4 is 22.9 Å². The molecular formula is C28H34N4O4. The van der Waals surface area contributed by atoms with Crippen LogP contribution < -0.4 is 4.74 Å². The minimum absolute atomic E-state index is 0.0174. The third kappa shape index (κ3) is 5.32. The second-order valence-corrected chi connectivity index (χ2v) is 9.96. The Labute approximate surface area is 211 Å². The second-order valence-electron chi connectivity index (χ2n) is 9.96. The molecule has 2 amide bonds. The molecule has 36 heavy (non-hydrogen) atoms. The lowest BCUT2D eigenvalue weighted by Crippen LogP contribution is -2.43. The molecule has 1 saturated heterocycles. The number of aromatic nitrogens is 2. The van der Waals surface area contributed by atoms with Crippen molar-refractivity contribution in [1.82, 2.24) is 19.4 Å². The van der Waals surface area contributed by atoms with Crippen LogP contribution in [0.4, 0.5) is 4.79 Å². The number of hydrogen-bond donors (Lipinski definition) is 0. The Hall–Kier alpha value is -3.55. The largest absolute Gasteiger partial charge is 0.489 e. The summed E-state index contributed by atoms with van der Waals surface area (Å²) in [5.74, 6) is 1.48. The van der Waals surface area contributed by atoms with Crippen molar-refractivity contribution < 1.29 is 19.1 Å². The zero-order valence-electron chi connectivity index (χ0n) is 21.1. The van der Waals surface area contributed by atoms with Crippen LogP contribution >= 0.6 is 0 Å². The first-order chi connectivity index (χ1) is 17.5. The van der Waals surface area contributed by atoms with E-state index in [4.69, 9.17) is 9.47 Å². The first kappa shape index (κ1) is 24.2. The number of ether oxygens (including phenoxy) is 2. The molecule has 0 atom stereocenters. The van der Waals surface area contributed by atoms with Gasteiger partial charge in [0.2, 0.25) is 0 Å². The zero-order chi connectivity index (χ0) is 25.1. The van der Waals surface area contributed by atoms with Crippen LogP contribution in [-0.2, 0) is 4.74 Å². The van der Waals surface area contributed by atoms with Crippen LogP contribution in [0.1, 0.15) is 55.3 Å². The lowest BCUT2D eigenvalue weighted by atomic mass is 9.98. The number of carbonyl (C=O) groups excluding carboxylic acids is 2. The molecule has 0 spiro atoms. The van der Waals surface area contributed by atoms with E-state index >= 15 is 0 Å². The van der Waals surface area contributed by atoms with Gasteiger partial charge in [-0.25, -0.2) is 9.78 Å². The summed E-state index contributed by atoms with van der Waals surface area (Å²) < 4.78 is 13.9. The molecule has 2 aliphatic rings. The predicted molar refractivity (Wildman–Crippen MR) is 138 cm³/mol. The number of pyridine rings is 1. The molecule has 1 aliphatic carbocycles. The third-order valence-electron chi connectivity index (χ3n) is 7.13. The molecule has 2 fully saturated rings. The summed E-state index contributed by atoms with van der Waals surface area (Å²) >= 11 is 0. The molecule has 0 bridgehead atoms. The predicted octanol–water partition coefficient (Wildman–Crippen LogP) is 5.04. The molecule has 2 aromatic heterocycles. The Bertz CT molecular complexity index is 1210. The van der Waals surface area contributed by atoms with E-state index in [2.05, 4.69) is 4.98 Å². The van der Waals surface area contributed by atoms with Crippen LogP contribution in [0.3, 0.4) is 0 Å². The Kier molecular flexibility index (Phi) is 7.11. The monoisotopic (exact) mass is 490 g/mol. The standard InChI is InChI=1S/C28H34N4O4/c1-30(2)27(33)21-8-10-25-20(18-21)12-17-32(25)26-11-9-24(19-29-26)35-23-13-15-31(16-14-23)28(34)36-22-6-4-3-5-7-22/h8-12,17-19,22-23H,3-7,13-16H2,1-2H3. The van der Waals surface area contributed by atoms with Gasteiger partial charge in [0.05, 0.1) is 11.7 Å². The third-order valence-corrected chi connectivity index (χ3v) is 7.13. The summed E-state index contributed by atoms with van der Waals surface area (Å²) in [6, 6.07) is 11.6. The molecule has 1 aromatic carbocycles. The maximum absolute atomic E-state index is 12.5. The van der Waals surface area contributed by atoms with Gasteiger partial charge >= 0.3 is 6.09 Å². The van der Waals surface area contributed by atoms with Crippen LogP contribution in [0.15, 0.2) is 48.8 Å². The van der Waals surface area contributed by atoms with Gasteiger partial charge in [-0.1, -0.05) is 6.42 Å². The van der Waals surface area contributed by atoms with E-state index in [9.17, 15) is 9.59 Å². The molecule has 190 valence electrons. The average molecular weight is 491 g/mol. The highest BCUT2D eigenvalue weighted by Gasteiger charge is 2.27. The molecule has 8 nitrogen and oxygen atoms in total. The van der Waals surface area contributed by atoms with Gasteiger partial charge in [-0.2, -0.15) is 0 Å². The molecule has 5 rings (SSSR count). The van der Waals surface area contributed by atoms with Crippen molar-refractivity contribution in [2.75, 3.05) is 27.2 Å². The van der Waals surface area contributed by atoms with Crippen LogP contribution in [0.5, 0.6) is 5.75 Å². The number of benzene rings is 1. The van der Waals surface area contributed by atoms with Crippen molar-refractivity contribution in [3.05, 3.63) is 54.4 Å². The molecule has 8 heteroatoms. The Morgan fingerprint density at radius 2 is 1.72 bits per heavy atom. The van der Waals surface area contributed by atoms with E-state index in [0.29, 0.717) is 18.7 Å². The van der Waals surface area contributed by atoms with Crippen LogP contribution in [-0.4, -0.2) is 70.7 Å². The maximum atomic E-state index is 12.5. The maximum Gasteiger partial charge on any atom is 0.410 e. The van der Waals surface area contributed by atoms with Crippen molar-refractivity contribution in [3.63, 3.8) is 0 Å². The van der Waals surface area contributed by atoms with Gasteiger partial charge < -0.3 is 23.8 Å². The minimum Gasteiger partial charge on any atom is -0.489 e. The fourth-order valence-corrected chi connectivity index (χ4v) is 5.07. The van der Waals surface area contributed by atoms with E-state index < -0.39 is 0 Å². The topological polar surface area (TPSA) is 76.9 Å². The normalized spacial score (nSPS) is 17.2. The fourth-order valence-electron chi connectivity index (χ4n) is 5.07. The van der Waals surface area contributed by atoms with Gasteiger partial charge in [-0.15, -0.1) is 0 Å². The van der Waals surface area contributed by atoms with Gasteiger partial charge in [0, 0.05) is 57.2 Å². The number of fused-ring (bicyclic) bond motifs is 1. The zero-order valence-corrected chi connectivity index (χ0v) is 21.1. The molecule has 3 aromatic rings. The summed E-state index contributed by atoms with van der Waals surface area (Å²) in [6.07, 6.45) is 10.7. The van der Waals surface area contributed by atoms with Crippen LogP contribution in [0.25, 0.3) is 16.7 Å². The van der Waals surface area contributed by atoms with Gasteiger partial charge in [-0.3, -0.25) is 4.79 Å². The lowest BCUT2D eigenvalue weighted by Gasteiger charge is -2.33. The van der Waals surface area contributed by atoms with E-state index in [1.54, 1.807) is 25.2 Å². The molecule has 0 unspecified atom stereocenters. The smallest absolute Gasteiger partial charge is 0.410 e. The number of hydrogen-bond acceptors (Lipinski definition) is 5. The highest BCUT2D eigenvalue weighted by molar-refractivity contribution is 5.98. The summed E-state index contributed by atoms with van der Waals surface area (Å²) in [5.41, 5.74) is 1.65. The molecule has 0 radical (unpaired) electrons. The van der Waals surface area contributed by atoms with Crippen molar-refractivity contribution in [2.24, 2.45) is 0 Å². The molecule has 0 N–H and O–H groups in total. The Morgan fingerprint density at radius 3 is 2.42 bits per heavy atom. The first-order valence-electron chi connectivity index (χ1n) is 12.9. The number of likely N-dealkylation sites (tertiary alicyclic amines) is 1. The second kappa shape index (κ2) is 10.6. The SMILES string of the molecule is CN(C)C(=O)c1ccc2c(ccn2-c2ccc(OC3CCN(C(=O)OC4CCCCC4)CC3)cn2)c1. The minimum atomic E-state index is -0.177. The van der Waals surface area contributed by atoms with Crippen molar-refractivity contribution in [1.29, 1.82) is 0 Å². The van der Waals surface area contributed by atoms with E-state index in [0.717, 1.165) is 61.0 Å². The fraction of sp³-hybridized carbons (Fsp3) is 0.464. The van der Waals surface area contributed by atoms with Crippen molar-refractivity contribution in [2.45, 2.75) is 57.2 Å². The Balaban J connectivity index is 1.16.